The average Bonchev–Trinajstić information content (AvgIpc) is 1.77. The van der Waals surface area contributed by atoms with Crippen LogP contribution in [0.15, 0.2) is 24.3 Å². The second-order valence-corrected chi connectivity index (χ2v) is 1.49. The summed E-state index contributed by atoms with van der Waals surface area (Å²) in [4.78, 5) is 0. The van der Waals surface area contributed by atoms with E-state index in [1.165, 1.54) is 12.1 Å². The van der Waals surface area contributed by atoms with Gasteiger partial charge in [0.2, 0.25) is 0 Å². The first-order valence-electron chi connectivity index (χ1n) is 2.27. The summed E-state index contributed by atoms with van der Waals surface area (Å²) in [5.74, 6) is -0.153. The molecule has 9 heavy (non-hydrogen) atoms. The van der Waals surface area contributed by atoms with Crippen LogP contribution in [0.4, 0.5) is 0 Å². The van der Waals surface area contributed by atoms with Gasteiger partial charge in [-0.3, -0.25) is 0 Å². The van der Waals surface area contributed by atoms with Gasteiger partial charge >= 0.3 is 0 Å². The number of aromatic hydroxyl groups is 2. The fourth-order valence-electron chi connectivity index (χ4n) is 0.464. The highest BCUT2D eigenvalue weighted by Gasteiger charge is 1.90. The number of para-hydroxylation sites is 2. The maximum absolute atomic E-state index is 8.67. The molecule has 50 valence electrons. The maximum atomic E-state index is 8.67. The van der Waals surface area contributed by atoms with E-state index in [2.05, 4.69) is 0 Å². The van der Waals surface area contributed by atoms with Crippen molar-refractivity contribution in [2.24, 2.45) is 0 Å². The van der Waals surface area contributed by atoms with Crippen molar-refractivity contribution in [1.82, 2.24) is 0 Å². The summed E-state index contributed by atoms with van der Waals surface area (Å²) in [6, 6.07) is 6.15. The lowest BCUT2D eigenvalue weighted by atomic mass is 10.3. The molecule has 0 aliphatic rings. The van der Waals surface area contributed by atoms with Crippen LogP contribution in [0.5, 0.6) is 11.5 Å². The number of hydrogen-bond donors (Lipinski definition) is 2. The van der Waals surface area contributed by atoms with E-state index in [4.69, 9.17) is 10.2 Å². The van der Waals surface area contributed by atoms with Gasteiger partial charge in [-0.1, -0.05) is 12.1 Å². The fraction of sp³-hybridized carbons (Fsp3) is 0. The molecule has 2 nitrogen and oxygen atoms in total. The Kier molecular flexibility index (Phi) is 3.03. The largest absolute Gasteiger partial charge is 0.504 e. The molecule has 0 aliphatic carbocycles. The van der Waals surface area contributed by atoms with Crippen molar-refractivity contribution < 1.29 is 10.2 Å². The Morgan fingerprint density at radius 3 is 1.44 bits per heavy atom. The predicted octanol–water partition coefficient (Wildman–Crippen LogP) is 1.16. The summed E-state index contributed by atoms with van der Waals surface area (Å²) in [6.45, 7) is 0. The Labute approximate surface area is 56.8 Å². The molecule has 3 heteroatoms. The summed E-state index contributed by atoms with van der Waals surface area (Å²) < 4.78 is 0. The Hall–Kier alpha value is -0.750. The minimum atomic E-state index is -0.0764. The fourth-order valence-corrected chi connectivity index (χ4v) is 0.464. The molecule has 0 heterocycles. The van der Waals surface area contributed by atoms with E-state index in [9.17, 15) is 0 Å². The zero-order chi connectivity index (χ0) is 5.98. The van der Waals surface area contributed by atoms with Crippen molar-refractivity contribution in [2.75, 3.05) is 0 Å². The van der Waals surface area contributed by atoms with Crippen LogP contribution in [0.1, 0.15) is 0 Å². The molecule has 0 saturated heterocycles. The van der Waals surface area contributed by atoms with Crippen LogP contribution < -0.4 is 0 Å². The van der Waals surface area contributed by atoms with Gasteiger partial charge in [0.05, 0.1) is 0 Å². The summed E-state index contributed by atoms with van der Waals surface area (Å²) in [5, 5.41) is 17.3. The van der Waals surface area contributed by atoms with Crippen molar-refractivity contribution in [3.8, 4) is 11.5 Å². The molecule has 1 aromatic rings. The first kappa shape index (κ1) is 8.25. The zero-order valence-corrected chi connectivity index (χ0v) is 6.33. The molecular weight excluding hydrogens is 135 g/mol. The molecule has 1 atom stereocenters. The smallest absolute Gasteiger partial charge is 0.157 e. The summed E-state index contributed by atoms with van der Waals surface area (Å²) >= 11 is 0. The van der Waals surface area contributed by atoms with Crippen molar-refractivity contribution in [1.29, 1.82) is 0 Å². The second kappa shape index (κ2) is 3.31. The van der Waals surface area contributed by atoms with Crippen LogP contribution in [0, 0.1) is 0 Å². The molecule has 0 spiro atoms. The monoisotopic (exact) mass is 144 g/mol. The van der Waals surface area contributed by atoms with E-state index in [1.807, 2.05) is 0 Å². The Balaban J connectivity index is 0.000000640. The summed E-state index contributed by atoms with van der Waals surface area (Å²) in [7, 11) is 0. The molecule has 1 unspecified atom stereocenters. The molecule has 0 amide bonds. The molecule has 0 fully saturated rings. The van der Waals surface area contributed by atoms with Gasteiger partial charge in [-0.05, 0) is 12.1 Å². The minimum Gasteiger partial charge on any atom is -0.504 e. The molecule has 0 aromatic heterocycles. The molecular formula is C6H9O2P. The van der Waals surface area contributed by atoms with E-state index in [0.717, 1.165) is 0 Å². The highest BCUT2D eigenvalue weighted by Crippen LogP contribution is 2.21. The van der Waals surface area contributed by atoms with Crippen LogP contribution in [0.2, 0.25) is 0 Å². The highest BCUT2D eigenvalue weighted by molar-refractivity contribution is 6.92. The number of hydrogen-bond acceptors (Lipinski definition) is 2. The molecule has 0 saturated carbocycles. The first-order valence-corrected chi connectivity index (χ1v) is 2.27. The Bertz CT molecular complexity index is 167. The lowest BCUT2D eigenvalue weighted by Gasteiger charge is -1.91. The molecule has 1 aromatic carbocycles. The van der Waals surface area contributed by atoms with E-state index < -0.39 is 0 Å². The lowest BCUT2D eigenvalue weighted by molar-refractivity contribution is 0.404. The molecule has 0 bridgehead atoms. The van der Waals surface area contributed by atoms with Crippen LogP contribution in [0.3, 0.4) is 0 Å². The maximum Gasteiger partial charge on any atom is 0.157 e. The van der Waals surface area contributed by atoms with Gasteiger partial charge in [-0.2, -0.15) is 9.90 Å². The second-order valence-electron chi connectivity index (χ2n) is 1.49. The molecule has 0 aliphatic heterocycles. The minimum absolute atomic E-state index is 0. The van der Waals surface area contributed by atoms with Crippen LogP contribution in [-0.4, -0.2) is 10.2 Å². The first-order chi connectivity index (χ1) is 3.80. The summed E-state index contributed by atoms with van der Waals surface area (Å²) in [6.07, 6.45) is 0. The van der Waals surface area contributed by atoms with Gasteiger partial charge < -0.3 is 10.2 Å². The van der Waals surface area contributed by atoms with Gasteiger partial charge in [0.25, 0.3) is 0 Å². The van der Waals surface area contributed by atoms with Gasteiger partial charge in [0, 0.05) is 0 Å². The average molecular weight is 144 g/mol. The van der Waals surface area contributed by atoms with Crippen molar-refractivity contribution in [3.63, 3.8) is 0 Å². The van der Waals surface area contributed by atoms with Gasteiger partial charge in [0.1, 0.15) is 0 Å². The number of phenolic OH excluding ortho intramolecular Hbond substituents is 2. The lowest BCUT2D eigenvalue weighted by Crippen LogP contribution is -1.63. The standard InChI is InChI=1S/C6H6O2.H3P/c7-5-3-1-2-4-6(5)8;/h1-4,7-8H;1H3. The third-order valence-electron chi connectivity index (χ3n) is 0.882. The van der Waals surface area contributed by atoms with Gasteiger partial charge in [-0.25, -0.2) is 0 Å². The Morgan fingerprint density at radius 2 is 1.22 bits per heavy atom. The van der Waals surface area contributed by atoms with Crippen molar-refractivity contribution in [2.45, 2.75) is 0 Å². The summed E-state index contributed by atoms with van der Waals surface area (Å²) in [5.41, 5.74) is 0. The van der Waals surface area contributed by atoms with E-state index >= 15 is 0 Å². The van der Waals surface area contributed by atoms with E-state index in [0.29, 0.717) is 0 Å². The number of phenols is 2. The number of benzene rings is 1. The topological polar surface area (TPSA) is 40.5 Å². The predicted molar refractivity (Wildman–Crippen MR) is 40.9 cm³/mol. The van der Waals surface area contributed by atoms with E-state index in [1.54, 1.807) is 12.1 Å². The molecule has 0 radical (unpaired) electrons. The van der Waals surface area contributed by atoms with Crippen LogP contribution >= 0.6 is 9.90 Å². The SMILES string of the molecule is Oc1ccccc1O.P. The van der Waals surface area contributed by atoms with Crippen molar-refractivity contribution in [3.05, 3.63) is 24.3 Å². The molecule has 2 N–H and O–H groups in total. The quantitative estimate of drug-likeness (QED) is 0.423. The Morgan fingerprint density at radius 1 is 0.889 bits per heavy atom. The van der Waals surface area contributed by atoms with E-state index in [-0.39, 0.29) is 21.4 Å². The highest BCUT2D eigenvalue weighted by atomic mass is 31.0. The third-order valence-corrected chi connectivity index (χ3v) is 0.882. The van der Waals surface area contributed by atoms with Crippen molar-refractivity contribution >= 4 is 9.90 Å². The van der Waals surface area contributed by atoms with Crippen LogP contribution in [0.25, 0.3) is 0 Å². The van der Waals surface area contributed by atoms with Crippen LogP contribution in [-0.2, 0) is 0 Å². The number of rotatable bonds is 0. The zero-order valence-electron chi connectivity index (χ0n) is 4.91. The van der Waals surface area contributed by atoms with Gasteiger partial charge in [-0.15, -0.1) is 0 Å². The molecule has 1 rings (SSSR count). The third kappa shape index (κ3) is 1.90. The van der Waals surface area contributed by atoms with Gasteiger partial charge in [0.15, 0.2) is 11.5 Å². The normalized spacial score (nSPS) is 8.00.